The Kier molecular flexibility index (Phi) is 6.04. The van der Waals surface area contributed by atoms with Gasteiger partial charge in [0, 0.05) is 12.2 Å². The highest BCUT2D eigenvalue weighted by atomic mass is 16.5. The largest absolute Gasteiger partial charge is 0.457 e. The Bertz CT molecular complexity index is 1070. The molecule has 3 amide bonds. The molecule has 1 heterocycles. The highest BCUT2D eigenvalue weighted by Crippen LogP contribution is 2.56. The van der Waals surface area contributed by atoms with Crippen molar-refractivity contribution >= 4 is 29.4 Å². The van der Waals surface area contributed by atoms with Crippen molar-refractivity contribution in [1.29, 1.82) is 0 Å². The molecule has 5 rings (SSSR count). The predicted molar refractivity (Wildman–Crippen MR) is 122 cm³/mol. The van der Waals surface area contributed by atoms with E-state index in [4.69, 9.17) is 9.47 Å². The summed E-state index contributed by atoms with van der Waals surface area (Å²) in [6, 6.07) is 16.2. The van der Waals surface area contributed by atoms with Gasteiger partial charge in [0.25, 0.3) is 5.91 Å². The molecule has 8 heteroatoms. The van der Waals surface area contributed by atoms with E-state index >= 15 is 0 Å². The van der Waals surface area contributed by atoms with Gasteiger partial charge in [-0.3, -0.25) is 24.1 Å². The molecule has 0 unspecified atom stereocenters. The zero-order chi connectivity index (χ0) is 23.7. The molecule has 1 saturated heterocycles. The molecule has 2 aromatic carbocycles. The Labute approximate surface area is 197 Å². The zero-order valence-corrected chi connectivity index (χ0v) is 18.6. The van der Waals surface area contributed by atoms with Gasteiger partial charge in [-0.15, -0.1) is 0 Å². The Morgan fingerprint density at radius 2 is 1.50 bits per heavy atom. The molecule has 2 aliphatic carbocycles. The van der Waals surface area contributed by atoms with E-state index < -0.39 is 18.5 Å². The average Bonchev–Trinajstić information content (AvgIpc) is 3.52. The number of rotatable bonds is 8. The highest BCUT2D eigenvalue weighted by molar-refractivity contribution is 6.06. The number of likely N-dealkylation sites (tertiary alicyclic amines) is 1. The van der Waals surface area contributed by atoms with Gasteiger partial charge < -0.3 is 14.8 Å². The number of esters is 1. The van der Waals surface area contributed by atoms with Gasteiger partial charge in [0.05, 0.1) is 18.3 Å². The summed E-state index contributed by atoms with van der Waals surface area (Å²) in [4.78, 5) is 50.8. The van der Waals surface area contributed by atoms with Gasteiger partial charge in [0.15, 0.2) is 6.61 Å². The minimum Gasteiger partial charge on any atom is -0.457 e. The van der Waals surface area contributed by atoms with E-state index in [1.165, 1.54) is 4.90 Å². The maximum Gasteiger partial charge on any atom is 0.308 e. The molecule has 3 fully saturated rings. The molecule has 176 valence electrons. The van der Waals surface area contributed by atoms with Crippen LogP contribution < -0.4 is 10.1 Å². The molecule has 2 aromatic rings. The first-order valence-corrected chi connectivity index (χ1v) is 11.6. The number of imide groups is 1. The number of carbonyl (C=O) groups is 4. The van der Waals surface area contributed by atoms with Gasteiger partial charge in [0.2, 0.25) is 11.8 Å². The Morgan fingerprint density at radius 1 is 0.882 bits per heavy atom. The van der Waals surface area contributed by atoms with Crippen molar-refractivity contribution in [2.24, 2.45) is 23.7 Å². The van der Waals surface area contributed by atoms with E-state index in [0.29, 0.717) is 29.0 Å². The number of benzene rings is 2. The van der Waals surface area contributed by atoms with Gasteiger partial charge in [-0.25, -0.2) is 0 Å². The predicted octanol–water partition coefficient (Wildman–Crippen LogP) is 3.38. The Morgan fingerprint density at radius 3 is 2.15 bits per heavy atom. The van der Waals surface area contributed by atoms with Crippen molar-refractivity contribution in [3.63, 3.8) is 0 Å². The van der Waals surface area contributed by atoms with Crippen LogP contribution in [0.5, 0.6) is 11.5 Å². The molecule has 1 N–H and O–H groups in total. The minimum atomic E-state index is -0.623. The number of nitrogens with one attached hydrogen (secondary N) is 1. The van der Waals surface area contributed by atoms with Crippen LogP contribution in [0.25, 0.3) is 0 Å². The summed E-state index contributed by atoms with van der Waals surface area (Å²) in [6.45, 7) is -0.439. The molecule has 0 radical (unpaired) electrons. The number of nitrogens with zero attached hydrogens (tertiary/aromatic N) is 1. The fourth-order valence-corrected chi connectivity index (χ4v) is 5.54. The standard InChI is InChI=1S/C26H26N2O6/c29-21(27-18-8-10-20(11-9-18)34-19-4-2-1-3-5-19)15-33-22(30)12-13-28-25(31)23-16-6-7-17(14-16)24(23)26(28)32/h1-5,8-11,16-17,23-24H,6-7,12-15H2,(H,27,29)/t16-,17-,23-,24-/m0/s1. The maximum absolute atomic E-state index is 12.7. The summed E-state index contributed by atoms with van der Waals surface area (Å²) in [5, 5.41) is 2.65. The average molecular weight is 463 g/mol. The Balaban J connectivity index is 1.05. The maximum atomic E-state index is 12.7. The van der Waals surface area contributed by atoms with Gasteiger partial charge in [-0.2, -0.15) is 0 Å². The van der Waals surface area contributed by atoms with Crippen LogP contribution in [0.2, 0.25) is 0 Å². The van der Waals surface area contributed by atoms with Crippen LogP contribution in [-0.2, 0) is 23.9 Å². The topological polar surface area (TPSA) is 102 Å². The molecule has 2 bridgehead atoms. The second-order valence-corrected chi connectivity index (χ2v) is 9.11. The van der Waals surface area contributed by atoms with Crippen molar-refractivity contribution in [2.75, 3.05) is 18.5 Å². The molecule has 0 spiro atoms. The third kappa shape index (κ3) is 4.40. The van der Waals surface area contributed by atoms with E-state index in [-0.39, 0.29) is 36.6 Å². The second kappa shape index (κ2) is 9.29. The first kappa shape index (κ1) is 22.1. The molecule has 34 heavy (non-hydrogen) atoms. The van der Waals surface area contributed by atoms with Crippen LogP contribution in [0.1, 0.15) is 25.7 Å². The fourth-order valence-electron chi connectivity index (χ4n) is 5.54. The smallest absolute Gasteiger partial charge is 0.308 e. The lowest BCUT2D eigenvalue weighted by molar-refractivity contribution is -0.149. The number of anilines is 1. The van der Waals surface area contributed by atoms with Gasteiger partial charge in [-0.1, -0.05) is 18.2 Å². The molecular weight excluding hydrogens is 436 g/mol. The SMILES string of the molecule is O=C(COC(=O)CCN1C(=O)[C@H]2[C@H]3CC[C@@H](C3)[C@@H]2C1=O)Nc1ccc(Oc2ccccc2)cc1. The Hall–Kier alpha value is -3.68. The second-order valence-electron chi connectivity index (χ2n) is 9.11. The minimum absolute atomic E-state index is 0.00738. The number of fused-ring (bicyclic) bond motifs is 5. The molecule has 3 aliphatic rings. The number of para-hydroxylation sites is 1. The highest BCUT2D eigenvalue weighted by Gasteiger charge is 2.60. The molecule has 0 aromatic heterocycles. The van der Waals surface area contributed by atoms with Crippen molar-refractivity contribution in [2.45, 2.75) is 25.7 Å². The summed E-state index contributed by atoms with van der Waals surface area (Å²) in [6.07, 6.45) is 2.88. The van der Waals surface area contributed by atoms with Gasteiger partial charge >= 0.3 is 5.97 Å². The fraction of sp³-hybridized carbons (Fsp3) is 0.385. The number of hydrogen-bond donors (Lipinski definition) is 1. The van der Waals surface area contributed by atoms with E-state index in [2.05, 4.69) is 5.32 Å². The third-order valence-corrected chi connectivity index (χ3v) is 7.04. The molecule has 1 aliphatic heterocycles. The normalized spacial score (nSPS) is 24.8. The monoisotopic (exact) mass is 462 g/mol. The van der Waals surface area contributed by atoms with Crippen LogP contribution in [0.15, 0.2) is 54.6 Å². The number of amides is 3. The van der Waals surface area contributed by atoms with Crippen molar-refractivity contribution in [3.05, 3.63) is 54.6 Å². The van der Waals surface area contributed by atoms with Crippen LogP contribution in [0, 0.1) is 23.7 Å². The summed E-state index contributed by atoms with van der Waals surface area (Å²) in [5.41, 5.74) is 0.538. The van der Waals surface area contributed by atoms with Gasteiger partial charge in [0.1, 0.15) is 11.5 Å². The van der Waals surface area contributed by atoms with E-state index in [1.54, 1.807) is 24.3 Å². The van der Waals surface area contributed by atoms with E-state index in [9.17, 15) is 19.2 Å². The number of ether oxygens (including phenoxy) is 2. The molecular formula is C26H26N2O6. The van der Waals surface area contributed by atoms with Gasteiger partial charge in [-0.05, 0) is 67.5 Å². The van der Waals surface area contributed by atoms with Crippen molar-refractivity contribution in [1.82, 2.24) is 4.90 Å². The molecule has 8 nitrogen and oxygen atoms in total. The van der Waals surface area contributed by atoms with Crippen LogP contribution in [-0.4, -0.2) is 41.7 Å². The lowest BCUT2D eigenvalue weighted by atomic mass is 9.81. The van der Waals surface area contributed by atoms with E-state index in [1.807, 2.05) is 30.3 Å². The lowest BCUT2D eigenvalue weighted by Crippen LogP contribution is -2.35. The number of carbonyl (C=O) groups excluding carboxylic acids is 4. The summed E-state index contributed by atoms with van der Waals surface area (Å²) >= 11 is 0. The first-order valence-electron chi connectivity index (χ1n) is 11.6. The van der Waals surface area contributed by atoms with Crippen LogP contribution >= 0.6 is 0 Å². The summed E-state index contributed by atoms with van der Waals surface area (Å²) in [5.74, 6) is 0.164. The van der Waals surface area contributed by atoms with Crippen molar-refractivity contribution in [3.8, 4) is 11.5 Å². The summed E-state index contributed by atoms with van der Waals surface area (Å²) < 4.78 is 10.7. The quantitative estimate of drug-likeness (QED) is 0.477. The molecule has 4 atom stereocenters. The van der Waals surface area contributed by atoms with Crippen LogP contribution in [0.3, 0.4) is 0 Å². The van der Waals surface area contributed by atoms with Crippen LogP contribution in [0.4, 0.5) is 5.69 Å². The first-order chi connectivity index (χ1) is 16.5. The molecule has 2 saturated carbocycles. The zero-order valence-electron chi connectivity index (χ0n) is 18.6. The lowest BCUT2D eigenvalue weighted by Gasteiger charge is -2.19. The third-order valence-electron chi connectivity index (χ3n) is 7.04. The summed E-state index contributed by atoms with van der Waals surface area (Å²) in [7, 11) is 0. The van der Waals surface area contributed by atoms with E-state index in [0.717, 1.165) is 19.3 Å². The number of hydrogen-bond acceptors (Lipinski definition) is 6. The van der Waals surface area contributed by atoms with Crippen molar-refractivity contribution < 1.29 is 28.7 Å².